The minimum atomic E-state index is -4.67. The molecule has 1 aliphatic heterocycles. The third-order valence-electron chi connectivity index (χ3n) is 2.36. The lowest BCUT2D eigenvalue weighted by atomic mass is 10.3. The van der Waals surface area contributed by atoms with Gasteiger partial charge in [0.1, 0.15) is 17.6 Å². The zero-order chi connectivity index (χ0) is 12.3. The molecule has 3 nitrogen and oxygen atoms in total. The number of benzene rings is 1. The van der Waals surface area contributed by atoms with Crippen molar-refractivity contribution in [3.63, 3.8) is 0 Å². The summed E-state index contributed by atoms with van der Waals surface area (Å²) in [4.78, 5) is 0. The van der Waals surface area contributed by atoms with E-state index in [4.69, 9.17) is 4.74 Å². The Morgan fingerprint density at radius 3 is 2.65 bits per heavy atom. The minimum absolute atomic E-state index is 0.0103. The molecule has 0 aromatic heterocycles. The second-order valence-electron chi connectivity index (χ2n) is 3.76. The van der Waals surface area contributed by atoms with Crippen LogP contribution in [-0.2, 0) is 0 Å². The standard InChI is InChI=1S/C11H12F3NO2/c12-11(13,14)17-9-3-1-2-8(6-9)16-10-4-5-15-7-10/h1-3,6,10,15H,4-5,7H2. The Labute approximate surface area is 96.5 Å². The van der Waals surface area contributed by atoms with Crippen molar-refractivity contribution in [3.05, 3.63) is 24.3 Å². The van der Waals surface area contributed by atoms with Gasteiger partial charge in [-0.05, 0) is 25.1 Å². The summed E-state index contributed by atoms with van der Waals surface area (Å²) in [7, 11) is 0. The van der Waals surface area contributed by atoms with Gasteiger partial charge in [0.2, 0.25) is 0 Å². The smallest absolute Gasteiger partial charge is 0.489 e. The van der Waals surface area contributed by atoms with Crippen LogP contribution in [0.3, 0.4) is 0 Å². The summed E-state index contributed by atoms with van der Waals surface area (Å²) < 4.78 is 45.3. The van der Waals surface area contributed by atoms with Crippen molar-refractivity contribution in [2.75, 3.05) is 13.1 Å². The quantitative estimate of drug-likeness (QED) is 0.889. The molecule has 1 heterocycles. The number of ether oxygens (including phenoxy) is 2. The number of halogens is 3. The van der Waals surface area contributed by atoms with E-state index in [1.807, 2.05) is 0 Å². The van der Waals surface area contributed by atoms with Crippen LogP contribution in [-0.4, -0.2) is 25.6 Å². The average Bonchev–Trinajstić information content (AvgIpc) is 2.68. The third kappa shape index (κ3) is 3.81. The van der Waals surface area contributed by atoms with Crippen molar-refractivity contribution >= 4 is 0 Å². The lowest BCUT2D eigenvalue weighted by molar-refractivity contribution is -0.274. The first kappa shape index (κ1) is 12.0. The van der Waals surface area contributed by atoms with Gasteiger partial charge in [-0.25, -0.2) is 0 Å². The first-order chi connectivity index (χ1) is 8.03. The van der Waals surface area contributed by atoms with E-state index in [0.717, 1.165) is 13.0 Å². The number of rotatable bonds is 3. The van der Waals surface area contributed by atoms with Crippen molar-refractivity contribution < 1.29 is 22.6 Å². The van der Waals surface area contributed by atoms with E-state index >= 15 is 0 Å². The lowest BCUT2D eigenvalue weighted by Gasteiger charge is -2.14. The fraction of sp³-hybridized carbons (Fsp3) is 0.455. The monoisotopic (exact) mass is 247 g/mol. The molecule has 0 spiro atoms. The van der Waals surface area contributed by atoms with Crippen LogP contribution in [0, 0.1) is 0 Å². The van der Waals surface area contributed by atoms with Crippen LogP contribution in [0.15, 0.2) is 24.3 Å². The number of hydrogen-bond donors (Lipinski definition) is 1. The molecule has 1 fully saturated rings. The maximum atomic E-state index is 12.0. The van der Waals surface area contributed by atoms with Gasteiger partial charge in [0.25, 0.3) is 0 Å². The van der Waals surface area contributed by atoms with Gasteiger partial charge in [-0.2, -0.15) is 0 Å². The molecule has 94 valence electrons. The molecular weight excluding hydrogens is 235 g/mol. The highest BCUT2D eigenvalue weighted by molar-refractivity contribution is 5.33. The van der Waals surface area contributed by atoms with E-state index in [2.05, 4.69) is 10.1 Å². The molecule has 1 saturated heterocycles. The van der Waals surface area contributed by atoms with Crippen molar-refractivity contribution in [2.45, 2.75) is 18.9 Å². The van der Waals surface area contributed by atoms with E-state index in [-0.39, 0.29) is 11.9 Å². The SMILES string of the molecule is FC(F)(F)Oc1cccc(OC2CCNC2)c1. The Kier molecular flexibility index (Phi) is 3.42. The molecule has 1 atom stereocenters. The average molecular weight is 247 g/mol. The molecular formula is C11H12F3NO2. The van der Waals surface area contributed by atoms with Crippen LogP contribution in [0.5, 0.6) is 11.5 Å². The highest BCUT2D eigenvalue weighted by Gasteiger charge is 2.31. The van der Waals surface area contributed by atoms with Gasteiger partial charge in [-0.1, -0.05) is 6.07 Å². The van der Waals surface area contributed by atoms with E-state index < -0.39 is 6.36 Å². The van der Waals surface area contributed by atoms with Crippen LogP contribution in [0.1, 0.15) is 6.42 Å². The van der Waals surface area contributed by atoms with Gasteiger partial charge in [0.05, 0.1) is 0 Å². The zero-order valence-electron chi connectivity index (χ0n) is 8.96. The van der Waals surface area contributed by atoms with Crippen LogP contribution in [0.25, 0.3) is 0 Å². The molecule has 0 radical (unpaired) electrons. The van der Waals surface area contributed by atoms with Crippen molar-refractivity contribution in [1.29, 1.82) is 0 Å². The number of hydrogen-bond acceptors (Lipinski definition) is 3. The van der Waals surface area contributed by atoms with Crippen molar-refractivity contribution in [3.8, 4) is 11.5 Å². The largest absolute Gasteiger partial charge is 0.573 e. The Morgan fingerprint density at radius 2 is 2.00 bits per heavy atom. The molecule has 1 unspecified atom stereocenters. The van der Waals surface area contributed by atoms with Gasteiger partial charge in [-0.15, -0.1) is 13.2 Å². The Hall–Kier alpha value is -1.43. The second-order valence-corrected chi connectivity index (χ2v) is 3.76. The normalized spacial score (nSPS) is 20.3. The number of alkyl halides is 3. The van der Waals surface area contributed by atoms with E-state index in [0.29, 0.717) is 12.3 Å². The zero-order valence-corrected chi connectivity index (χ0v) is 8.96. The van der Waals surface area contributed by atoms with Crippen molar-refractivity contribution in [2.24, 2.45) is 0 Å². The Morgan fingerprint density at radius 1 is 1.24 bits per heavy atom. The lowest BCUT2D eigenvalue weighted by Crippen LogP contribution is -2.20. The number of nitrogens with one attached hydrogen (secondary N) is 1. The molecule has 0 aliphatic carbocycles. The fourth-order valence-corrected chi connectivity index (χ4v) is 1.67. The van der Waals surface area contributed by atoms with E-state index in [1.54, 1.807) is 6.07 Å². The van der Waals surface area contributed by atoms with Crippen LogP contribution < -0.4 is 14.8 Å². The molecule has 1 aromatic rings. The maximum Gasteiger partial charge on any atom is 0.573 e. The summed E-state index contributed by atoms with van der Waals surface area (Å²) in [6.45, 7) is 1.58. The molecule has 1 N–H and O–H groups in total. The third-order valence-corrected chi connectivity index (χ3v) is 2.36. The summed E-state index contributed by atoms with van der Waals surface area (Å²) >= 11 is 0. The molecule has 6 heteroatoms. The minimum Gasteiger partial charge on any atom is -0.489 e. The fourth-order valence-electron chi connectivity index (χ4n) is 1.67. The Bertz CT molecular complexity index is 375. The predicted octanol–water partition coefficient (Wildman–Crippen LogP) is 2.33. The summed E-state index contributed by atoms with van der Waals surface area (Å²) in [6, 6.07) is 5.57. The topological polar surface area (TPSA) is 30.5 Å². The molecule has 0 amide bonds. The highest BCUT2D eigenvalue weighted by Crippen LogP contribution is 2.26. The second kappa shape index (κ2) is 4.83. The van der Waals surface area contributed by atoms with Gasteiger partial charge in [-0.3, -0.25) is 0 Å². The van der Waals surface area contributed by atoms with Crippen molar-refractivity contribution in [1.82, 2.24) is 5.32 Å². The molecule has 2 rings (SSSR count). The first-order valence-corrected chi connectivity index (χ1v) is 5.26. The molecule has 0 saturated carbocycles. The molecule has 1 aromatic carbocycles. The van der Waals surface area contributed by atoms with E-state index in [1.165, 1.54) is 18.2 Å². The van der Waals surface area contributed by atoms with Crippen LogP contribution in [0.2, 0.25) is 0 Å². The van der Waals surface area contributed by atoms with E-state index in [9.17, 15) is 13.2 Å². The first-order valence-electron chi connectivity index (χ1n) is 5.26. The molecule has 0 bridgehead atoms. The Balaban J connectivity index is 2.00. The van der Waals surface area contributed by atoms with Crippen LogP contribution >= 0.6 is 0 Å². The maximum absolute atomic E-state index is 12.0. The van der Waals surface area contributed by atoms with Gasteiger partial charge in [0, 0.05) is 12.6 Å². The summed E-state index contributed by atoms with van der Waals surface area (Å²) in [6.07, 6.45) is -3.81. The van der Waals surface area contributed by atoms with Gasteiger partial charge < -0.3 is 14.8 Å². The highest BCUT2D eigenvalue weighted by atomic mass is 19.4. The molecule has 1 aliphatic rings. The summed E-state index contributed by atoms with van der Waals surface area (Å²) in [5.74, 6) is 0.126. The summed E-state index contributed by atoms with van der Waals surface area (Å²) in [5.41, 5.74) is 0. The molecule has 17 heavy (non-hydrogen) atoms. The summed E-state index contributed by atoms with van der Waals surface area (Å²) in [5, 5.41) is 3.11. The predicted molar refractivity (Wildman–Crippen MR) is 55.0 cm³/mol. The van der Waals surface area contributed by atoms with Crippen LogP contribution in [0.4, 0.5) is 13.2 Å². The van der Waals surface area contributed by atoms with Gasteiger partial charge in [0.15, 0.2) is 0 Å². The van der Waals surface area contributed by atoms with Gasteiger partial charge >= 0.3 is 6.36 Å².